The van der Waals surface area contributed by atoms with Gasteiger partial charge in [0.25, 0.3) is 0 Å². The number of nitrogens with one attached hydrogen (secondary N) is 1. The van der Waals surface area contributed by atoms with Crippen molar-refractivity contribution in [1.29, 1.82) is 0 Å². The highest BCUT2D eigenvalue weighted by Gasteiger charge is 2.22. The van der Waals surface area contributed by atoms with Gasteiger partial charge in [-0.3, -0.25) is 4.21 Å². The smallest absolute Gasteiger partial charge is 0.203 e. The van der Waals surface area contributed by atoms with Gasteiger partial charge in [0, 0.05) is 46.8 Å². The first-order chi connectivity index (χ1) is 9.33. The van der Waals surface area contributed by atoms with Gasteiger partial charge in [-0.25, -0.2) is 4.98 Å². The molecule has 1 aromatic heterocycles. The third-order valence-electron chi connectivity index (χ3n) is 4.36. The molecule has 4 nitrogen and oxygen atoms in total. The first-order valence-electron chi connectivity index (χ1n) is 7.47. The largest absolute Gasteiger partial charge is 0.353 e. The minimum absolute atomic E-state index is 0.447. The van der Waals surface area contributed by atoms with Crippen molar-refractivity contribution in [3.05, 3.63) is 12.4 Å². The Labute approximate surface area is 117 Å². The van der Waals surface area contributed by atoms with E-state index in [4.69, 9.17) is 0 Å². The van der Waals surface area contributed by atoms with Gasteiger partial charge < -0.3 is 9.88 Å². The van der Waals surface area contributed by atoms with E-state index in [-0.39, 0.29) is 0 Å². The van der Waals surface area contributed by atoms with Gasteiger partial charge in [-0.2, -0.15) is 0 Å². The number of imidazole rings is 1. The summed E-state index contributed by atoms with van der Waals surface area (Å²) >= 11 is 0. The number of rotatable bonds is 3. The van der Waals surface area contributed by atoms with E-state index in [1.165, 1.54) is 32.1 Å². The summed E-state index contributed by atoms with van der Waals surface area (Å²) in [6.45, 7) is 0. The molecule has 106 valence electrons. The highest BCUT2D eigenvalue weighted by molar-refractivity contribution is 7.85. The third-order valence-corrected chi connectivity index (χ3v) is 5.74. The Bertz CT molecular complexity index is 430. The molecular formula is C14H23N3OS. The lowest BCUT2D eigenvalue weighted by atomic mass is 9.95. The molecule has 5 heteroatoms. The van der Waals surface area contributed by atoms with Gasteiger partial charge >= 0.3 is 0 Å². The molecule has 0 atom stereocenters. The second-order valence-corrected chi connectivity index (χ2v) is 7.41. The molecule has 19 heavy (non-hydrogen) atoms. The molecule has 1 aromatic rings. The Morgan fingerprint density at radius 3 is 2.63 bits per heavy atom. The van der Waals surface area contributed by atoms with E-state index >= 15 is 0 Å². The second kappa shape index (κ2) is 6.07. The second-order valence-electron chi connectivity index (χ2n) is 5.72. The molecule has 0 bridgehead atoms. The fourth-order valence-electron chi connectivity index (χ4n) is 3.20. The van der Waals surface area contributed by atoms with Crippen molar-refractivity contribution in [2.75, 3.05) is 16.8 Å². The van der Waals surface area contributed by atoms with Gasteiger partial charge in [0.05, 0.1) is 0 Å². The number of aromatic nitrogens is 2. The highest BCUT2D eigenvalue weighted by Crippen LogP contribution is 2.30. The van der Waals surface area contributed by atoms with Crippen LogP contribution in [0.5, 0.6) is 0 Å². The zero-order valence-corrected chi connectivity index (χ0v) is 12.2. The Morgan fingerprint density at radius 2 is 1.89 bits per heavy atom. The van der Waals surface area contributed by atoms with E-state index in [1.54, 1.807) is 0 Å². The fourth-order valence-corrected chi connectivity index (χ4v) is 4.50. The molecule has 0 spiro atoms. The standard InChI is InChI=1S/C14H23N3OS/c18-19-10-6-12(7-11-19)16-14-15-8-9-17(14)13-4-2-1-3-5-13/h8-9,12-13H,1-7,10-11H2,(H,15,16). The van der Waals surface area contributed by atoms with E-state index in [2.05, 4.69) is 21.1 Å². The number of nitrogens with zero attached hydrogens (tertiary/aromatic N) is 2. The maximum absolute atomic E-state index is 11.4. The van der Waals surface area contributed by atoms with E-state index in [0.717, 1.165) is 30.3 Å². The lowest BCUT2D eigenvalue weighted by Gasteiger charge is -2.28. The van der Waals surface area contributed by atoms with Crippen LogP contribution < -0.4 is 5.32 Å². The van der Waals surface area contributed by atoms with Crippen LogP contribution in [0.1, 0.15) is 51.0 Å². The molecule has 1 saturated carbocycles. The van der Waals surface area contributed by atoms with Crippen LogP contribution >= 0.6 is 0 Å². The van der Waals surface area contributed by atoms with Gasteiger partial charge in [0.1, 0.15) is 0 Å². The summed E-state index contributed by atoms with van der Waals surface area (Å²) < 4.78 is 13.7. The monoisotopic (exact) mass is 281 g/mol. The van der Waals surface area contributed by atoms with Crippen LogP contribution in [0.2, 0.25) is 0 Å². The van der Waals surface area contributed by atoms with Crippen molar-refractivity contribution in [2.45, 2.75) is 57.0 Å². The summed E-state index contributed by atoms with van der Waals surface area (Å²) in [5.74, 6) is 2.69. The lowest BCUT2D eigenvalue weighted by Crippen LogP contribution is -2.31. The van der Waals surface area contributed by atoms with Gasteiger partial charge in [0.15, 0.2) is 0 Å². The Morgan fingerprint density at radius 1 is 1.16 bits per heavy atom. The zero-order chi connectivity index (χ0) is 13.1. The van der Waals surface area contributed by atoms with Crippen molar-refractivity contribution in [2.24, 2.45) is 0 Å². The van der Waals surface area contributed by atoms with Crippen molar-refractivity contribution >= 4 is 16.7 Å². The molecular weight excluding hydrogens is 258 g/mol. The summed E-state index contributed by atoms with van der Waals surface area (Å²) in [5.41, 5.74) is 0. The molecule has 2 fully saturated rings. The summed E-state index contributed by atoms with van der Waals surface area (Å²) in [7, 11) is -0.586. The molecule has 0 unspecified atom stereocenters. The van der Waals surface area contributed by atoms with Crippen molar-refractivity contribution in [3.63, 3.8) is 0 Å². The van der Waals surface area contributed by atoms with Crippen LogP contribution in [0, 0.1) is 0 Å². The number of hydrogen-bond donors (Lipinski definition) is 1. The fraction of sp³-hybridized carbons (Fsp3) is 0.786. The van der Waals surface area contributed by atoms with Crippen molar-refractivity contribution in [1.82, 2.24) is 9.55 Å². The van der Waals surface area contributed by atoms with Crippen molar-refractivity contribution in [3.8, 4) is 0 Å². The van der Waals surface area contributed by atoms with Crippen LogP contribution in [-0.2, 0) is 10.8 Å². The minimum Gasteiger partial charge on any atom is -0.353 e. The first-order valence-corrected chi connectivity index (χ1v) is 8.96. The SMILES string of the molecule is O=S1CCC(Nc2nccn2C2CCCCC2)CC1. The maximum atomic E-state index is 11.4. The maximum Gasteiger partial charge on any atom is 0.203 e. The van der Waals surface area contributed by atoms with Gasteiger partial charge in [-0.05, 0) is 25.7 Å². The Balaban J connectivity index is 1.64. The van der Waals surface area contributed by atoms with Crippen LogP contribution in [0.15, 0.2) is 12.4 Å². The van der Waals surface area contributed by atoms with Gasteiger partial charge in [-0.15, -0.1) is 0 Å². The van der Waals surface area contributed by atoms with E-state index < -0.39 is 10.8 Å². The molecule has 2 aliphatic rings. The predicted molar refractivity (Wildman–Crippen MR) is 78.9 cm³/mol. The summed E-state index contributed by atoms with van der Waals surface area (Å²) in [5, 5.41) is 3.56. The predicted octanol–water partition coefficient (Wildman–Crippen LogP) is 2.71. The summed E-state index contributed by atoms with van der Waals surface area (Å²) in [6, 6.07) is 1.07. The quantitative estimate of drug-likeness (QED) is 0.926. The Hall–Kier alpha value is -0.840. The molecule has 0 radical (unpaired) electrons. The molecule has 1 aliphatic carbocycles. The summed E-state index contributed by atoms with van der Waals surface area (Å²) in [6.07, 6.45) is 12.6. The van der Waals surface area contributed by atoms with Crippen LogP contribution in [0.25, 0.3) is 0 Å². The highest BCUT2D eigenvalue weighted by atomic mass is 32.2. The molecule has 0 aromatic carbocycles. The molecule has 1 saturated heterocycles. The van der Waals surface area contributed by atoms with E-state index in [1.807, 2.05) is 6.20 Å². The van der Waals surface area contributed by atoms with Crippen molar-refractivity contribution < 1.29 is 4.21 Å². The topological polar surface area (TPSA) is 46.9 Å². The van der Waals surface area contributed by atoms with Gasteiger partial charge in [0.2, 0.25) is 5.95 Å². The lowest BCUT2D eigenvalue weighted by molar-refractivity contribution is 0.355. The zero-order valence-electron chi connectivity index (χ0n) is 11.4. The normalized spacial score (nSPS) is 29.3. The summed E-state index contributed by atoms with van der Waals surface area (Å²) in [4.78, 5) is 4.48. The number of hydrogen-bond acceptors (Lipinski definition) is 3. The average molecular weight is 281 g/mol. The molecule has 2 heterocycles. The molecule has 0 amide bonds. The van der Waals surface area contributed by atoms with E-state index in [9.17, 15) is 4.21 Å². The molecule has 1 aliphatic heterocycles. The van der Waals surface area contributed by atoms with Crippen LogP contribution in [-0.4, -0.2) is 31.3 Å². The third kappa shape index (κ3) is 3.19. The average Bonchev–Trinajstić information content (AvgIpc) is 2.90. The molecule has 1 N–H and O–H groups in total. The van der Waals surface area contributed by atoms with Crippen LogP contribution in [0.4, 0.5) is 5.95 Å². The van der Waals surface area contributed by atoms with E-state index in [0.29, 0.717) is 12.1 Å². The van der Waals surface area contributed by atoms with Gasteiger partial charge in [-0.1, -0.05) is 19.3 Å². The van der Waals surface area contributed by atoms with Crippen LogP contribution in [0.3, 0.4) is 0 Å². The molecule has 3 rings (SSSR count). The Kier molecular flexibility index (Phi) is 4.21. The number of anilines is 1. The minimum atomic E-state index is -0.586. The first kappa shape index (κ1) is 13.2.